The second-order valence-electron chi connectivity index (χ2n) is 5.59. The molecule has 0 radical (unpaired) electrons. The van der Waals surface area contributed by atoms with Crippen LogP contribution in [0.15, 0.2) is 42.7 Å². The van der Waals surface area contributed by atoms with E-state index in [0.717, 1.165) is 12.8 Å². The van der Waals surface area contributed by atoms with Crippen LogP contribution in [0.2, 0.25) is 0 Å². The minimum absolute atomic E-state index is 0.136. The fourth-order valence-corrected chi connectivity index (χ4v) is 2.58. The van der Waals surface area contributed by atoms with E-state index in [1.54, 1.807) is 30.5 Å². The number of nitrogens with one attached hydrogen (secondary N) is 2. The summed E-state index contributed by atoms with van der Waals surface area (Å²) in [4.78, 5) is 30.0. The van der Waals surface area contributed by atoms with Gasteiger partial charge in [-0.15, -0.1) is 0 Å². The number of amides is 2. The van der Waals surface area contributed by atoms with Crippen LogP contribution in [0.3, 0.4) is 0 Å². The number of hydrogen-bond donors (Lipinski definition) is 4. The van der Waals surface area contributed by atoms with Crippen LogP contribution >= 0.6 is 0 Å². The lowest BCUT2D eigenvalue weighted by Crippen LogP contribution is -2.36. The summed E-state index contributed by atoms with van der Waals surface area (Å²) in [5, 5.41) is 13.6. The van der Waals surface area contributed by atoms with Gasteiger partial charge in [0.25, 0.3) is 0 Å². The summed E-state index contributed by atoms with van der Waals surface area (Å²) in [6.07, 6.45) is 5.40. The van der Waals surface area contributed by atoms with Crippen molar-refractivity contribution in [3.05, 3.63) is 54.1 Å². The Kier molecular flexibility index (Phi) is 6.08. The fraction of sp³-hybridized carbons (Fsp3) is 0.353. The number of hydrogen-bond acceptors (Lipinski definition) is 4. The molecule has 0 saturated carbocycles. The first-order chi connectivity index (χ1) is 11.5. The molecule has 2 rings (SSSR count). The van der Waals surface area contributed by atoms with Gasteiger partial charge in [0.05, 0.1) is 0 Å². The normalized spacial score (nSPS) is 13.2. The number of H-pyrrole nitrogens is 1. The number of benzene rings is 1. The van der Waals surface area contributed by atoms with Crippen molar-refractivity contribution in [1.29, 1.82) is 0 Å². The van der Waals surface area contributed by atoms with Gasteiger partial charge >= 0.3 is 6.03 Å². The first-order valence-electron chi connectivity index (χ1n) is 7.89. The molecular weight excluding hydrogens is 308 g/mol. The summed E-state index contributed by atoms with van der Waals surface area (Å²) < 4.78 is 0. The standard InChI is InChI=1S/C17H22N4O3/c18-16(23)21-10-6-2-5-9-17(24,13-7-3-1-4-8-13)14(22)15-19-11-12-20-15/h1,3-4,7-8,11-12,24H,2,5-6,9-10H2,(H,19,20)(H3,18,21,23). The van der Waals surface area contributed by atoms with Gasteiger partial charge in [-0.2, -0.15) is 0 Å². The maximum Gasteiger partial charge on any atom is 0.312 e. The predicted octanol–water partition coefficient (Wildman–Crippen LogP) is 1.71. The Bertz CT molecular complexity index is 658. The number of ketones is 1. The lowest BCUT2D eigenvalue weighted by molar-refractivity contribution is 0.0227. The number of rotatable bonds is 9. The molecule has 0 fully saturated rings. The zero-order valence-corrected chi connectivity index (χ0v) is 13.4. The molecule has 2 amide bonds. The SMILES string of the molecule is NC(=O)NCCCCCC(O)(C(=O)c1ncc[nH]1)c1ccccc1. The molecular formula is C17H22N4O3. The van der Waals surface area contributed by atoms with Crippen LogP contribution in [0.25, 0.3) is 0 Å². The fourth-order valence-electron chi connectivity index (χ4n) is 2.58. The van der Waals surface area contributed by atoms with E-state index < -0.39 is 17.4 Å². The highest BCUT2D eigenvalue weighted by Gasteiger charge is 2.39. The number of carbonyl (C=O) groups is 2. The number of aromatic amines is 1. The van der Waals surface area contributed by atoms with Crippen molar-refractivity contribution in [2.45, 2.75) is 31.3 Å². The lowest BCUT2D eigenvalue weighted by atomic mass is 9.84. The Morgan fingerprint density at radius 2 is 1.96 bits per heavy atom. The second-order valence-corrected chi connectivity index (χ2v) is 5.59. The molecule has 1 unspecified atom stereocenters. The van der Waals surface area contributed by atoms with E-state index in [1.165, 1.54) is 6.20 Å². The molecule has 0 bridgehead atoms. The van der Waals surface area contributed by atoms with E-state index in [4.69, 9.17) is 5.73 Å². The number of carbonyl (C=O) groups excluding carboxylic acids is 2. The van der Waals surface area contributed by atoms with Crippen molar-refractivity contribution in [2.24, 2.45) is 5.73 Å². The summed E-state index contributed by atoms with van der Waals surface area (Å²) in [5.74, 6) is -0.314. The van der Waals surface area contributed by atoms with Gasteiger partial charge in [0.15, 0.2) is 11.4 Å². The molecule has 0 aliphatic heterocycles. The van der Waals surface area contributed by atoms with E-state index in [-0.39, 0.29) is 12.2 Å². The Morgan fingerprint density at radius 3 is 2.58 bits per heavy atom. The summed E-state index contributed by atoms with van der Waals surface area (Å²) in [7, 11) is 0. The Hall–Kier alpha value is -2.67. The van der Waals surface area contributed by atoms with E-state index in [2.05, 4.69) is 15.3 Å². The number of imidazole rings is 1. The Labute approximate surface area is 140 Å². The number of Topliss-reactive ketones (excluding diaryl/α,β-unsaturated/α-hetero) is 1. The van der Waals surface area contributed by atoms with Gasteiger partial charge in [-0.3, -0.25) is 4.79 Å². The predicted molar refractivity (Wildman–Crippen MR) is 89.3 cm³/mol. The molecule has 1 atom stereocenters. The molecule has 0 saturated heterocycles. The highest BCUT2D eigenvalue weighted by Crippen LogP contribution is 2.30. The smallest absolute Gasteiger partial charge is 0.312 e. The summed E-state index contributed by atoms with van der Waals surface area (Å²) in [6, 6.07) is 8.31. The Morgan fingerprint density at radius 1 is 1.21 bits per heavy atom. The molecule has 0 aliphatic carbocycles. The van der Waals surface area contributed by atoms with Gasteiger partial charge in [0, 0.05) is 18.9 Å². The van der Waals surface area contributed by atoms with Crippen molar-refractivity contribution in [2.75, 3.05) is 6.54 Å². The van der Waals surface area contributed by atoms with Crippen LogP contribution in [0.5, 0.6) is 0 Å². The molecule has 7 nitrogen and oxygen atoms in total. The van der Waals surface area contributed by atoms with E-state index in [0.29, 0.717) is 18.5 Å². The van der Waals surface area contributed by atoms with E-state index in [9.17, 15) is 14.7 Å². The third kappa shape index (κ3) is 4.42. The number of unbranched alkanes of at least 4 members (excludes halogenated alkanes) is 2. The third-order valence-corrected chi connectivity index (χ3v) is 3.85. The minimum Gasteiger partial charge on any atom is -0.377 e. The Balaban J connectivity index is 2.04. The first-order valence-corrected chi connectivity index (χ1v) is 7.89. The van der Waals surface area contributed by atoms with Gasteiger partial charge in [-0.05, 0) is 24.8 Å². The monoisotopic (exact) mass is 330 g/mol. The molecule has 2 aromatic rings. The number of urea groups is 1. The molecule has 7 heteroatoms. The number of aliphatic hydroxyl groups is 1. The van der Waals surface area contributed by atoms with Gasteiger partial charge in [0.1, 0.15) is 0 Å². The third-order valence-electron chi connectivity index (χ3n) is 3.85. The number of aromatic nitrogens is 2. The van der Waals surface area contributed by atoms with Crippen molar-refractivity contribution in [1.82, 2.24) is 15.3 Å². The molecule has 1 aromatic carbocycles. The van der Waals surface area contributed by atoms with Gasteiger partial charge in [0.2, 0.25) is 5.78 Å². The van der Waals surface area contributed by atoms with Gasteiger partial charge < -0.3 is 21.1 Å². The summed E-state index contributed by atoms with van der Waals surface area (Å²) in [5.41, 5.74) is 3.92. The first kappa shape index (κ1) is 17.7. The van der Waals surface area contributed by atoms with Crippen molar-refractivity contribution in [3.63, 3.8) is 0 Å². The quantitative estimate of drug-likeness (QED) is 0.413. The highest BCUT2D eigenvalue weighted by atomic mass is 16.3. The molecule has 1 heterocycles. The maximum absolute atomic E-state index is 12.7. The number of nitrogens with two attached hydrogens (primary N) is 1. The van der Waals surface area contributed by atoms with Crippen molar-refractivity contribution < 1.29 is 14.7 Å². The molecule has 128 valence electrons. The average Bonchev–Trinajstić information content (AvgIpc) is 3.12. The highest BCUT2D eigenvalue weighted by molar-refractivity contribution is 5.99. The van der Waals surface area contributed by atoms with Crippen LogP contribution in [-0.4, -0.2) is 33.4 Å². The number of nitrogens with zero attached hydrogens (tertiary/aromatic N) is 1. The largest absolute Gasteiger partial charge is 0.377 e. The van der Waals surface area contributed by atoms with Crippen LogP contribution in [-0.2, 0) is 5.60 Å². The second kappa shape index (κ2) is 8.26. The van der Waals surface area contributed by atoms with Crippen LogP contribution in [0.1, 0.15) is 41.9 Å². The van der Waals surface area contributed by atoms with Crippen molar-refractivity contribution >= 4 is 11.8 Å². The van der Waals surface area contributed by atoms with Crippen molar-refractivity contribution in [3.8, 4) is 0 Å². The molecule has 0 aliphatic rings. The minimum atomic E-state index is -1.63. The van der Waals surface area contributed by atoms with Crippen LogP contribution < -0.4 is 11.1 Å². The van der Waals surface area contributed by atoms with Crippen LogP contribution in [0.4, 0.5) is 4.79 Å². The molecule has 5 N–H and O–H groups in total. The molecule has 24 heavy (non-hydrogen) atoms. The summed E-state index contributed by atoms with van der Waals surface area (Å²) in [6.45, 7) is 0.477. The average molecular weight is 330 g/mol. The number of primary amides is 1. The maximum atomic E-state index is 12.7. The van der Waals surface area contributed by atoms with E-state index in [1.807, 2.05) is 6.07 Å². The summed E-state index contributed by atoms with van der Waals surface area (Å²) >= 11 is 0. The zero-order valence-electron chi connectivity index (χ0n) is 13.4. The van der Waals surface area contributed by atoms with Gasteiger partial charge in [-0.1, -0.05) is 36.8 Å². The van der Waals surface area contributed by atoms with Gasteiger partial charge in [-0.25, -0.2) is 9.78 Å². The molecule has 1 aromatic heterocycles. The topological polar surface area (TPSA) is 121 Å². The van der Waals surface area contributed by atoms with E-state index >= 15 is 0 Å². The molecule has 0 spiro atoms. The zero-order chi connectivity index (χ0) is 17.4. The lowest BCUT2D eigenvalue weighted by Gasteiger charge is -2.26. The van der Waals surface area contributed by atoms with Crippen LogP contribution in [0, 0.1) is 0 Å².